The van der Waals surface area contributed by atoms with Crippen molar-refractivity contribution in [3.63, 3.8) is 0 Å². The first-order chi connectivity index (χ1) is 16.9. The number of hydrogen-bond donors (Lipinski definition) is 0. The van der Waals surface area contributed by atoms with Gasteiger partial charge in [0, 0.05) is 25.2 Å². The summed E-state index contributed by atoms with van der Waals surface area (Å²) >= 11 is 0. The number of rotatable bonds is 6. The number of halogens is 2. The molecule has 5 aromatic rings. The summed E-state index contributed by atoms with van der Waals surface area (Å²) < 4.78 is 34.9. The number of imidazole rings is 1. The monoisotopic (exact) mass is 476 g/mol. The zero-order valence-corrected chi connectivity index (χ0v) is 19.2. The van der Waals surface area contributed by atoms with Gasteiger partial charge in [-0.1, -0.05) is 12.1 Å². The largest absolute Gasteiger partial charge is 0.435 e. The molecule has 0 bridgehead atoms. The Hall–Kier alpha value is -4.08. The van der Waals surface area contributed by atoms with Crippen LogP contribution in [0.4, 0.5) is 8.78 Å². The molecule has 0 unspecified atom stereocenters. The summed E-state index contributed by atoms with van der Waals surface area (Å²) in [7, 11) is 1.84. The number of ether oxygens (including phenoxy) is 1. The van der Waals surface area contributed by atoms with E-state index >= 15 is 0 Å². The zero-order chi connectivity index (χ0) is 24.3. The van der Waals surface area contributed by atoms with E-state index in [0.29, 0.717) is 33.9 Å². The molecule has 0 N–H and O–H groups in total. The third kappa shape index (κ3) is 3.84. The predicted molar refractivity (Wildman–Crippen MR) is 127 cm³/mol. The molecule has 1 fully saturated rings. The summed E-state index contributed by atoms with van der Waals surface area (Å²) in [6, 6.07) is 11.6. The van der Waals surface area contributed by atoms with Gasteiger partial charge in [0.15, 0.2) is 5.65 Å². The van der Waals surface area contributed by atoms with Crippen LogP contribution in [0.15, 0.2) is 53.5 Å². The van der Waals surface area contributed by atoms with Gasteiger partial charge in [0.1, 0.15) is 17.1 Å². The Morgan fingerprint density at radius 3 is 2.60 bits per heavy atom. The van der Waals surface area contributed by atoms with E-state index in [1.165, 1.54) is 16.8 Å². The van der Waals surface area contributed by atoms with Crippen molar-refractivity contribution in [1.82, 2.24) is 29.1 Å². The highest BCUT2D eigenvalue weighted by molar-refractivity contribution is 5.90. The smallest absolute Gasteiger partial charge is 0.387 e. The lowest BCUT2D eigenvalue weighted by atomic mass is 10.1. The number of nitrogens with zero attached hydrogens (tertiary/aromatic N) is 6. The first-order valence-corrected chi connectivity index (χ1v) is 11.4. The number of aryl methyl sites for hydroxylation is 2. The highest BCUT2D eigenvalue weighted by Crippen LogP contribution is 2.34. The predicted octanol–water partition coefficient (Wildman–Crippen LogP) is 4.46. The van der Waals surface area contributed by atoms with Gasteiger partial charge in [-0.2, -0.15) is 18.6 Å². The first-order valence-electron chi connectivity index (χ1n) is 11.4. The van der Waals surface area contributed by atoms with Crippen molar-refractivity contribution in [2.24, 2.45) is 13.0 Å². The fraction of sp³-hybridized carbons (Fsp3) is 0.280. The summed E-state index contributed by atoms with van der Waals surface area (Å²) in [5.41, 5.74) is 3.19. The molecule has 0 spiro atoms. The number of hydrogen-bond acceptors (Lipinski definition) is 5. The van der Waals surface area contributed by atoms with E-state index in [0.717, 1.165) is 36.1 Å². The SMILES string of the molecule is Cc1nc2nn(-c3ccc4nn(C)cc4c3)c(=O)c(-c3ccc(OC(F)F)cc3)c2n1CC1CC1. The molecule has 178 valence electrons. The second kappa shape index (κ2) is 8.00. The molecule has 3 aromatic heterocycles. The molecule has 0 atom stereocenters. The van der Waals surface area contributed by atoms with Crippen LogP contribution in [-0.2, 0) is 13.6 Å². The van der Waals surface area contributed by atoms with Gasteiger partial charge in [0.25, 0.3) is 5.56 Å². The Kier molecular flexibility index (Phi) is 4.91. The van der Waals surface area contributed by atoms with Crippen LogP contribution in [0.1, 0.15) is 18.7 Å². The van der Waals surface area contributed by atoms with Gasteiger partial charge < -0.3 is 9.30 Å². The van der Waals surface area contributed by atoms with E-state index < -0.39 is 6.61 Å². The van der Waals surface area contributed by atoms with Crippen LogP contribution in [0.2, 0.25) is 0 Å². The van der Waals surface area contributed by atoms with Crippen molar-refractivity contribution in [2.45, 2.75) is 32.9 Å². The second-order valence-corrected chi connectivity index (χ2v) is 8.93. The molecule has 3 heterocycles. The summed E-state index contributed by atoms with van der Waals surface area (Å²) in [5.74, 6) is 1.36. The first kappa shape index (κ1) is 21.5. The average Bonchev–Trinajstić information content (AvgIpc) is 3.48. The van der Waals surface area contributed by atoms with E-state index in [1.54, 1.807) is 22.9 Å². The topological polar surface area (TPSA) is 79.8 Å². The van der Waals surface area contributed by atoms with Crippen LogP contribution in [0.25, 0.3) is 38.9 Å². The molecule has 0 amide bonds. The molecular formula is C25H22F2N6O2. The number of fused-ring (bicyclic) bond motifs is 2. The van der Waals surface area contributed by atoms with Crippen molar-refractivity contribution in [2.75, 3.05) is 0 Å². The maximum atomic E-state index is 13.9. The lowest BCUT2D eigenvalue weighted by Gasteiger charge is -2.13. The Morgan fingerprint density at radius 2 is 1.89 bits per heavy atom. The molecule has 10 heteroatoms. The Bertz CT molecular complexity index is 1630. The molecule has 0 aliphatic heterocycles. The van der Waals surface area contributed by atoms with Crippen molar-refractivity contribution in [3.8, 4) is 22.6 Å². The highest BCUT2D eigenvalue weighted by atomic mass is 19.3. The summed E-state index contributed by atoms with van der Waals surface area (Å²) in [6.45, 7) is -0.255. The Morgan fingerprint density at radius 1 is 1.11 bits per heavy atom. The number of aromatic nitrogens is 6. The van der Waals surface area contributed by atoms with E-state index in [4.69, 9.17) is 0 Å². The minimum absolute atomic E-state index is 0.0269. The summed E-state index contributed by atoms with van der Waals surface area (Å²) in [6.07, 6.45) is 4.16. The molecule has 1 aliphatic carbocycles. The lowest BCUT2D eigenvalue weighted by molar-refractivity contribution is -0.0498. The molecular weight excluding hydrogens is 454 g/mol. The van der Waals surface area contributed by atoms with Gasteiger partial charge >= 0.3 is 6.61 Å². The maximum Gasteiger partial charge on any atom is 0.387 e. The van der Waals surface area contributed by atoms with Crippen LogP contribution in [-0.4, -0.2) is 35.7 Å². The van der Waals surface area contributed by atoms with Gasteiger partial charge in [0.05, 0.1) is 16.8 Å². The number of alkyl halides is 2. The van der Waals surface area contributed by atoms with Gasteiger partial charge in [-0.05, 0) is 61.6 Å². The Labute approximate surface area is 198 Å². The standard InChI is InChI=1S/C25H22F2N6O2/c1-14-28-23-22(32(14)12-15-3-4-15)21(16-5-8-19(9-6-16)35-25(26)27)24(34)33(30-23)18-7-10-20-17(11-18)13-31(2)29-20/h5-11,13,15,25H,3-4,12H2,1-2H3. The van der Waals surface area contributed by atoms with Crippen molar-refractivity contribution >= 4 is 22.1 Å². The minimum atomic E-state index is -2.92. The van der Waals surface area contributed by atoms with Gasteiger partial charge in [-0.25, -0.2) is 4.98 Å². The molecule has 35 heavy (non-hydrogen) atoms. The minimum Gasteiger partial charge on any atom is -0.435 e. The Balaban J connectivity index is 1.59. The third-order valence-electron chi connectivity index (χ3n) is 6.33. The average molecular weight is 476 g/mol. The normalized spacial score (nSPS) is 13.9. The third-order valence-corrected chi connectivity index (χ3v) is 6.33. The van der Waals surface area contributed by atoms with Crippen LogP contribution in [0.3, 0.4) is 0 Å². The van der Waals surface area contributed by atoms with Crippen LogP contribution >= 0.6 is 0 Å². The van der Waals surface area contributed by atoms with E-state index in [2.05, 4.69) is 24.5 Å². The molecule has 0 radical (unpaired) electrons. The molecule has 1 aliphatic rings. The van der Waals surface area contributed by atoms with E-state index in [-0.39, 0.29) is 11.3 Å². The van der Waals surface area contributed by atoms with E-state index in [1.807, 2.05) is 32.3 Å². The van der Waals surface area contributed by atoms with Gasteiger partial charge in [0.2, 0.25) is 0 Å². The van der Waals surface area contributed by atoms with Crippen LogP contribution < -0.4 is 10.3 Å². The van der Waals surface area contributed by atoms with Crippen LogP contribution in [0.5, 0.6) is 5.75 Å². The number of benzene rings is 2. The second-order valence-electron chi connectivity index (χ2n) is 8.93. The quantitative estimate of drug-likeness (QED) is 0.362. The summed E-state index contributed by atoms with van der Waals surface area (Å²) in [5, 5.41) is 9.90. The highest BCUT2D eigenvalue weighted by Gasteiger charge is 2.27. The van der Waals surface area contributed by atoms with Crippen molar-refractivity contribution in [3.05, 3.63) is 64.8 Å². The fourth-order valence-electron chi connectivity index (χ4n) is 4.50. The molecule has 8 nitrogen and oxygen atoms in total. The molecule has 0 saturated heterocycles. The van der Waals surface area contributed by atoms with Gasteiger partial charge in [-0.3, -0.25) is 9.48 Å². The lowest BCUT2D eigenvalue weighted by Crippen LogP contribution is -2.24. The fourth-order valence-corrected chi connectivity index (χ4v) is 4.50. The molecule has 6 rings (SSSR count). The molecule has 2 aromatic carbocycles. The maximum absolute atomic E-state index is 13.9. The van der Waals surface area contributed by atoms with Crippen LogP contribution in [0, 0.1) is 12.8 Å². The van der Waals surface area contributed by atoms with Gasteiger partial charge in [-0.15, -0.1) is 5.10 Å². The van der Waals surface area contributed by atoms with Crippen molar-refractivity contribution < 1.29 is 13.5 Å². The molecule has 1 saturated carbocycles. The van der Waals surface area contributed by atoms with E-state index in [9.17, 15) is 13.6 Å². The summed E-state index contributed by atoms with van der Waals surface area (Å²) in [4.78, 5) is 18.6. The van der Waals surface area contributed by atoms with Crippen molar-refractivity contribution in [1.29, 1.82) is 0 Å². The zero-order valence-electron chi connectivity index (χ0n) is 19.2.